The average Bonchev–Trinajstić information content (AvgIpc) is 2.72. The summed E-state index contributed by atoms with van der Waals surface area (Å²) in [5.74, 6) is 0.550. The van der Waals surface area contributed by atoms with Crippen molar-refractivity contribution < 1.29 is 4.74 Å². The molecule has 3 N–H and O–H groups in total. The second-order valence-corrected chi connectivity index (χ2v) is 5.18. The van der Waals surface area contributed by atoms with Crippen molar-refractivity contribution in [3.05, 3.63) is 40.3 Å². The zero-order valence-electron chi connectivity index (χ0n) is 10.9. The monoisotopic (exact) mass is 273 g/mol. The molecule has 98 valence electrons. The van der Waals surface area contributed by atoms with Gasteiger partial charge in [0.05, 0.1) is 7.11 Å². The number of rotatable bonds is 4. The number of thiophene rings is 1. The Bertz CT molecular complexity index is 628. The minimum atomic E-state index is 0.404. The van der Waals surface area contributed by atoms with Gasteiger partial charge >= 0.3 is 0 Å². The molecule has 0 atom stereocenters. The number of hydrogen-bond acceptors (Lipinski definition) is 5. The van der Waals surface area contributed by atoms with E-state index in [4.69, 9.17) is 15.7 Å². The van der Waals surface area contributed by atoms with Crippen LogP contribution in [0.2, 0.25) is 0 Å². The van der Waals surface area contributed by atoms with Crippen LogP contribution >= 0.6 is 11.3 Å². The molecule has 4 nitrogen and oxygen atoms in total. The Morgan fingerprint density at radius 3 is 2.89 bits per heavy atom. The molecule has 0 unspecified atom stereocenters. The lowest BCUT2D eigenvalue weighted by molar-refractivity contribution is 0.420. The summed E-state index contributed by atoms with van der Waals surface area (Å²) in [4.78, 5) is 0.476. The van der Waals surface area contributed by atoms with Gasteiger partial charge in [-0.25, -0.2) is 0 Å². The fourth-order valence-corrected chi connectivity index (χ4v) is 2.72. The number of nitriles is 1. The first kappa shape index (κ1) is 13.2. The number of nitrogens with one attached hydrogen (secondary N) is 1. The van der Waals surface area contributed by atoms with E-state index in [-0.39, 0.29) is 0 Å². The van der Waals surface area contributed by atoms with Crippen molar-refractivity contribution in [2.75, 3.05) is 18.2 Å². The summed E-state index contributed by atoms with van der Waals surface area (Å²) in [6.45, 7) is 2.73. The van der Waals surface area contributed by atoms with Crippen LogP contribution in [0.1, 0.15) is 16.0 Å². The number of ether oxygens (including phenoxy) is 1. The van der Waals surface area contributed by atoms with Crippen LogP contribution in [0.5, 0.6) is 5.75 Å². The lowest BCUT2D eigenvalue weighted by atomic mass is 10.1. The molecule has 0 aliphatic rings. The standard InChI is InChI=1S/C14H15N3OS/c1-9-4-3-5-10(6-9)8-17-14-13(18-2)12(16)11(7-15)19-14/h3-6,17H,8,16H2,1-2H3. The Balaban J connectivity index is 2.18. The zero-order chi connectivity index (χ0) is 13.8. The van der Waals surface area contributed by atoms with Crippen LogP contribution in [0.25, 0.3) is 0 Å². The van der Waals surface area contributed by atoms with E-state index in [2.05, 4.69) is 36.5 Å². The smallest absolute Gasteiger partial charge is 0.177 e. The fourth-order valence-electron chi connectivity index (χ4n) is 1.84. The lowest BCUT2D eigenvalue weighted by Gasteiger charge is -2.07. The highest BCUT2D eigenvalue weighted by Gasteiger charge is 2.16. The van der Waals surface area contributed by atoms with E-state index in [0.29, 0.717) is 22.9 Å². The molecule has 0 saturated heterocycles. The SMILES string of the molecule is COc1c(NCc2cccc(C)c2)sc(C#N)c1N. The summed E-state index contributed by atoms with van der Waals surface area (Å²) in [5, 5.41) is 13.0. The van der Waals surface area contributed by atoms with E-state index in [1.54, 1.807) is 7.11 Å². The molecule has 1 heterocycles. The molecule has 0 saturated carbocycles. The number of benzene rings is 1. The van der Waals surface area contributed by atoms with E-state index in [1.165, 1.54) is 22.5 Å². The minimum Gasteiger partial charge on any atom is -0.492 e. The number of nitrogens with zero attached hydrogens (tertiary/aromatic N) is 1. The zero-order valence-corrected chi connectivity index (χ0v) is 11.7. The molecule has 5 heteroatoms. The molecule has 0 amide bonds. The van der Waals surface area contributed by atoms with E-state index >= 15 is 0 Å². The van der Waals surface area contributed by atoms with Crippen molar-refractivity contribution in [1.82, 2.24) is 0 Å². The van der Waals surface area contributed by atoms with E-state index in [0.717, 1.165) is 5.00 Å². The Kier molecular flexibility index (Phi) is 3.93. The maximum Gasteiger partial charge on any atom is 0.177 e. The number of hydrogen-bond donors (Lipinski definition) is 2. The third kappa shape index (κ3) is 2.80. The largest absolute Gasteiger partial charge is 0.492 e. The summed E-state index contributed by atoms with van der Waals surface area (Å²) in [7, 11) is 1.55. The quantitative estimate of drug-likeness (QED) is 0.897. The maximum absolute atomic E-state index is 8.97. The highest BCUT2D eigenvalue weighted by atomic mass is 32.1. The van der Waals surface area contributed by atoms with Gasteiger partial charge in [0, 0.05) is 6.54 Å². The molecule has 0 radical (unpaired) electrons. The van der Waals surface area contributed by atoms with Crippen molar-refractivity contribution in [2.24, 2.45) is 0 Å². The molecule has 2 rings (SSSR count). The Morgan fingerprint density at radius 1 is 1.47 bits per heavy atom. The van der Waals surface area contributed by atoms with Crippen LogP contribution < -0.4 is 15.8 Å². The van der Waals surface area contributed by atoms with Gasteiger partial charge < -0.3 is 15.8 Å². The molecule has 0 spiro atoms. The second-order valence-electron chi connectivity index (χ2n) is 4.16. The first-order chi connectivity index (χ1) is 9.15. The van der Waals surface area contributed by atoms with Gasteiger partial charge in [-0.2, -0.15) is 5.26 Å². The number of aryl methyl sites for hydroxylation is 1. The van der Waals surface area contributed by atoms with Crippen molar-refractivity contribution in [3.63, 3.8) is 0 Å². The molecule has 1 aromatic heterocycles. The molecule has 1 aromatic carbocycles. The summed E-state index contributed by atoms with van der Waals surface area (Å²) >= 11 is 1.31. The third-order valence-corrected chi connectivity index (χ3v) is 3.79. The molecule has 2 aromatic rings. The normalized spacial score (nSPS) is 9.95. The van der Waals surface area contributed by atoms with Crippen molar-refractivity contribution in [3.8, 4) is 11.8 Å². The molecule has 0 fully saturated rings. The molecular weight excluding hydrogens is 258 g/mol. The van der Waals surface area contributed by atoms with Crippen LogP contribution in [0.15, 0.2) is 24.3 Å². The number of nitrogen functional groups attached to an aromatic ring is 1. The predicted octanol–water partition coefficient (Wildman–Crippen LogP) is 3.13. The maximum atomic E-state index is 8.97. The van der Waals surface area contributed by atoms with E-state index in [1.807, 2.05) is 6.07 Å². The van der Waals surface area contributed by atoms with Gasteiger partial charge in [-0.3, -0.25) is 0 Å². The molecule has 0 aliphatic heterocycles. The number of methoxy groups -OCH3 is 1. The third-order valence-electron chi connectivity index (χ3n) is 2.74. The van der Waals surface area contributed by atoms with Gasteiger partial charge in [0.15, 0.2) is 5.75 Å². The minimum absolute atomic E-state index is 0.404. The summed E-state index contributed by atoms with van der Waals surface area (Å²) in [6.07, 6.45) is 0. The fraction of sp³-hybridized carbons (Fsp3) is 0.214. The van der Waals surface area contributed by atoms with Gasteiger partial charge in [0.2, 0.25) is 0 Å². The topological polar surface area (TPSA) is 71.1 Å². The Morgan fingerprint density at radius 2 is 2.26 bits per heavy atom. The van der Waals surface area contributed by atoms with Crippen molar-refractivity contribution in [1.29, 1.82) is 5.26 Å². The number of nitrogens with two attached hydrogens (primary N) is 1. The summed E-state index contributed by atoms with van der Waals surface area (Å²) < 4.78 is 5.24. The highest BCUT2D eigenvalue weighted by molar-refractivity contribution is 7.17. The molecular formula is C14H15N3OS. The van der Waals surface area contributed by atoms with Crippen LogP contribution in [0, 0.1) is 18.3 Å². The highest BCUT2D eigenvalue weighted by Crippen LogP contribution is 2.42. The van der Waals surface area contributed by atoms with Gasteiger partial charge in [-0.15, -0.1) is 11.3 Å². The summed E-state index contributed by atoms with van der Waals surface area (Å²) in [6, 6.07) is 10.3. The van der Waals surface area contributed by atoms with Crippen molar-refractivity contribution in [2.45, 2.75) is 13.5 Å². The summed E-state index contributed by atoms with van der Waals surface area (Å²) in [5.41, 5.74) is 8.64. The second kappa shape index (κ2) is 5.63. The van der Waals surface area contributed by atoms with Crippen molar-refractivity contribution >= 4 is 22.0 Å². The van der Waals surface area contributed by atoms with Crippen LogP contribution in [0.3, 0.4) is 0 Å². The number of anilines is 2. The van der Waals surface area contributed by atoms with Gasteiger partial charge in [-0.05, 0) is 12.5 Å². The predicted molar refractivity (Wildman–Crippen MR) is 78.5 cm³/mol. The average molecular weight is 273 g/mol. The van der Waals surface area contributed by atoms with Crippen LogP contribution in [-0.2, 0) is 6.54 Å². The van der Waals surface area contributed by atoms with E-state index in [9.17, 15) is 0 Å². The lowest BCUT2D eigenvalue weighted by Crippen LogP contribution is -2.00. The van der Waals surface area contributed by atoms with Crippen LogP contribution in [0.4, 0.5) is 10.7 Å². The van der Waals surface area contributed by atoms with Gasteiger partial charge in [0.25, 0.3) is 0 Å². The van der Waals surface area contributed by atoms with E-state index < -0.39 is 0 Å². The Labute approximate surface area is 116 Å². The van der Waals surface area contributed by atoms with Gasteiger partial charge in [-0.1, -0.05) is 29.8 Å². The van der Waals surface area contributed by atoms with Crippen LogP contribution in [-0.4, -0.2) is 7.11 Å². The molecule has 0 bridgehead atoms. The van der Waals surface area contributed by atoms with Gasteiger partial charge in [0.1, 0.15) is 21.6 Å². The first-order valence-corrected chi connectivity index (χ1v) is 6.63. The first-order valence-electron chi connectivity index (χ1n) is 5.81. The Hall–Kier alpha value is -2.19. The molecule has 0 aliphatic carbocycles. The molecule has 19 heavy (non-hydrogen) atoms.